The summed E-state index contributed by atoms with van der Waals surface area (Å²) in [6.07, 6.45) is 0. The van der Waals surface area contributed by atoms with Gasteiger partial charge in [0.25, 0.3) is 0 Å². The Balaban J connectivity index is 1.95. The molecule has 0 atom stereocenters. The molecule has 0 aliphatic carbocycles. The van der Waals surface area contributed by atoms with Crippen LogP contribution in [0.5, 0.6) is 0 Å². The van der Waals surface area contributed by atoms with Crippen LogP contribution in [0.2, 0.25) is 0 Å². The molecule has 0 aromatic carbocycles. The van der Waals surface area contributed by atoms with Crippen LogP contribution in [0.3, 0.4) is 0 Å². The second kappa shape index (κ2) is 5.91. The Hall–Kier alpha value is -1.48. The van der Waals surface area contributed by atoms with Crippen molar-refractivity contribution in [2.24, 2.45) is 5.73 Å². The van der Waals surface area contributed by atoms with Gasteiger partial charge in [-0.05, 0) is 10.4 Å². The molecule has 2 aromatic rings. The molecular weight excluding hydrogens is 254 g/mol. The summed E-state index contributed by atoms with van der Waals surface area (Å²) >= 11 is 1.46. The summed E-state index contributed by atoms with van der Waals surface area (Å²) in [5.41, 5.74) is 5.47. The first-order valence-corrected chi connectivity index (χ1v) is 6.60. The smallest absolute Gasteiger partial charge is 0.229 e. The van der Waals surface area contributed by atoms with E-state index in [9.17, 15) is 0 Å². The zero-order valence-electron chi connectivity index (χ0n) is 10.3. The lowest BCUT2D eigenvalue weighted by Crippen LogP contribution is -2.12. The van der Waals surface area contributed by atoms with E-state index >= 15 is 0 Å². The molecule has 0 aliphatic rings. The molecule has 0 saturated heterocycles. The maximum Gasteiger partial charge on any atom is 0.229 e. The van der Waals surface area contributed by atoms with Gasteiger partial charge in [0, 0.05) is 12.5 Å². The van der Waals surface area contributed by atoms with E-state index in [2.05, 4.69) is 25.7 Å². The summed E-state index contributed by atoms with van der Waals surface area (Å²) < 4.78 is 6.78. The van der Waals surface area contributed by atoms with E-state index in [-0.39, 0.29) is 5.92 Å². The highest BCUT2D eigenvalue weighted by molar-refractivity contribution is 7.98. The van der Waals surface area contributed by atoms with Crippen LogP contribution in [-0.4, -0.2) is 36.9 Å². The van der Waals surface area contributed by atoms with Crippen LogP contribution in [0.4, 0.5) is 0 Å². The molecule has 0 amide bonds. The quantitative estimate of drug-likeness (QED) is 0.752. The van der Waals surface area contributed by atoms with E-state index in [4.69, 9.17) is 10.3 Å². The van der Waals surface area contributed by atoms with Gasteiger partial charge in [0.05, 0.1) is 12.3 Å². The number of hydrogen-bond donors (Lipinski definition) is 1. The van der Waals surface area contributed by atoms with Crippen LogP contribution in [0, 0.1) is 0 Å². The van der Waals surface area contributed by atoms with E-state index in [1.165, 1.54) is 11.8 Å². The molecule has 9 heteroatoms. The number of rotatable bonds is 6. The fourth-order valence-corrected chi connectivity index (χ4v) is 2.00. The van der Waals surface area contributed by atoms with Gasteiger partial charge in [0.1, 0.15) is 0 Å². The molecule has 2 N–H and O–H groups in total. The van der Waals surface area contributed by atoms with Gasteiger partial charge in [-0.15, -0.1) is 5.10 Å². The molecular formula is C9H15N7OS. The first-order valence-electron chi connectivity index (χ1n) is 5.62. The number of nitrogens with zero attached hydrogens (tertiary/aromatic N) is 6. The summed E-state index contributed by atoms with van der Waals surface area (Å²) in [5.74, 6) is 2.10. The SMILES string of the molecule is CC(C)c1nc(CSc2nnnn2CCN)no1. The van der Waals surface area contributed by atoms with E-state index in [0.29, 0.717) is 35.7 Å². The van der Waals surface area contributed by atoms with Gasteiger partial charge in [-0.1, -0.05) is 30.8 Å². The lowest BCUT2D eigenvalue weighted by molar-refractivity contribution is 0.362. The minimum absolute atomic E-state index is 0.235. The number of tetrazole rings is 1. The van der Waals surface area contributed by atoms with E-state index in [0.717, 1.165) is 0 Å². The Kier molecular flexibility index (Phi) is 4.26. The minimum atomic E-state index is 0.235. The Morgan fingerprint density at radius 2 is 2.28 bits per heavy atom. The van der Waals surface area contributed by atoms with E-state index in [1.54, 1.807) is 4.68 Å². The topological polar surface area (TPSA) is 109 Å². The van der Waals surface area contributed by atoms with Crippen molar-refractivity contribution < 1.29 is 4.52 Å². The summed E-state index contributed by atoms with van der Waals surface area (Å²) in [7, 11) is 0. The monoisotopic (exact) mass is 269 g/mol. The second-order valence-corrected chi connectivity index (χ2v) is 4.91. The van der Waals surface area contributed by atoms with Crippen molar-refractivity contribution in [3.63, 3.8) is 0 Å². The highest BCUT2D eigenvalue weighted by Gasteiger charge is 2.12. The first-order chi connectivity index (χ1) is 8.70. The number of thioether (sulfide) groups is 1. The fourth-order valence-electron chi connectivity index (χ4n) is 1.25. The molecule has 0 fully saturated rings. The number of aromatic nitrogens is 6. The van der Waals surface area contributed by atoms with E-state index in [1.807, 2.05) is 13.8 Å². The van der Waals surface area contributed by atoms with Gasteiger partial charge in [-0.3, -0.25) is 0 Å². The molecule has 0 bridgehead atoms. The maximum absolute atomic E-state index is 5.47. The molecule has 0 spiro atoms. The van der Waals surface area contributed by atoms with Crippen LogP contribution in [0.25, 0.3) is 0 Å². The standard InChI is InChI=1S/C9H15N7OS/c1-6(2)8-11-7(13-17-8)5-18-9-12-14-15-16(9)4-3-10/h6H,3-5,10H2,1-2H3. The number of nitrogens with two attached hydrogens (primary N) is 1. The molecule has 98 valence electrons. The summed E-state index contributed by atoms with van der Waals surface area (Å²) in [4.78, 5) is 4.28. The van der Waals surface area contributed by atoms with Gasteiger partial charge >= 0.3 is 0 Å². The van der Waals surface area contributed by atoms with Crippen molar-refractivity contribution in [2.75, 3.05) is 6.54 Å². The molecule has 0 saturated carbocycles. The van der Waals surface area contributed by atoms with Gasteiger partial charge in [0.2, 0.25) is 11.0 Å². The normalized spacial score (nSPS) is 11.3. The lowest BCUT2D eigenvalue weighted by atomic mass is 10.2. The predicted octanol–water partition coefficient (Wildman–Crippen LogP) is 0.430. The van der Waals surface area contributed by atoms with E-state index < -0.39 is 0 Å². The van der Waals surface area contributed by atoms with Crippen molar-refractivity contribution in [2.45, 2.75) is 37.2 Å². The average molecular weight is 269 g/mol. The maximum atomic E-state index is 5.47. The summed E-state index contributed by atoms with van der Waals surface area (Å²) in [6.45, 7) is 5.11. The largest absolute Gasteiger partial charge is 0.339 e. The third-order valence-corrected chi connectivity index (χ3v) is 3.10. The molecule has 8 nitrogen and oxygen atoms in total. The molecule has 0 radical (unpaired) electrons. The molecule has 18 heavy (non-hydrogen) atoms. The highest BCUT2D eigenvalue weighted by atomic mass is 32.2. The number of hydrogen-bond acceptors (Lipinski definition) is 8. The van der Waals surface area contributed by atoms with Crippen LogP contribution < -0.4 is 5.73 Å². The van der Waals surface area contributed by atoms with Crippen molar-refractivity contribution >= 4 is 11.8 Å². The highest BCUT2D eigenvalue weighted by Crippen LogP contribution is 2.19. The van der Waals surface area contributed by atoms with Crippen LogP contribution in [0.15, 0.2) is 9.68 Å². The van der Waals surface area contributed by atoms with Crippen molar-refractivity contribution in [3.8, 4) is 0 Å². The second-order valence-electron chi connectivity index (χ2n) is 3.97. The Morgan fingerprint density at radius 1 is 1.44 bits per heavy atom. The zero-order valence-corrected chi connectivity index (χ0v) is 11.1. The predicted molar refractivity (Wildman–Crippen MR) is 64.8 cm³/mol. The van der Waals surface area contributed by atoms with Crippen LogP contribution in [0.1, 0.15) is 31.5 Å². The Morgan fingerprint density at radius 3 is 2.94 bits per heavy atom. The first kappa shape index (κ1) is 13.0. The molecule has 2 rings (SSSR count). The van der Waals surface area contributed by atoms with Gasteiger partial charge in [0.15, 0.2) is 5.82 Å². The van der Waals surface area contributed by atoms with Crippen LogP contribution >= 0.6 is 11.8 Å². The third kappa shape index (κ3) is 3.05. The van der Waals surface area contributed by atoms with Gasteiger partial charge in [-0.25, -0.2) is 4.68 Å². The Bertz CT molecular complexity index is 495. The molecule has 2 aromatic heterocycles. The minimum Gasteiger partial charge on any atom is -0.339 e. The summed E-state index contributed by atoms with van der Waals surface area (Å²) in [5, 5.41) is 16.0. The van der Waals surface area contributed by atoms with Gasteiger partial charge in [-0.2, -0.15) is 4.98 Å². The van der Waals surface area contributed by atoms with Crippen molar-refractivity contribution in [3.05, 3.63) is 11.7 Å². The average Bonchev–Trinajstić information content (AvgIpc) is 2.95. The fraction of sp³-hybridized carbons (Fsp3) is 0.667. The lowest BCUT2D eigenvalue weighted by Gasteiger charge is -1.99. The van der Waals surface area contributed by atoms with Gasteiger partial charge < -0.3 is 10.3 Å². The third-order valence-electron chi connectivity index (χ3n) is 2.15. The van der Waals surface area contributed by atoms with Crippen LogP contribution in [-0.2, 0) is 12.3 Å². The van der Waals surface area contributed by atoms with Crippen molar-refractivity contribution in [1.82, 2.24) is 30.3 Å². The molecule has 0 unspecified atom stereocenters. The molecule has 2 heterocycles. The van der Waals surface area contributed by atoms with Crippen molar-refractivity contribution in [1.29, 1.82) is 0 Å². The zero-order chi connectivity index (χ0) is 13.0. The Labute approximate surface area is 108 Å². The molecule has 0 aliphatic heterocycles. The summed E-state index contributed by atoms with van der Waals surface area (Å²) in [6, 6.07) is 0.